The van der Waals surface area contributed by atoms with Crippen LogP contribution >= 0.6 is 0 Å². The fraction of sp³-hybridized carbons (Fsp3) is 0.636. The summed E-state index contributed by atoms with van der Waals surface area (Å²) >= 11 is 0. The molecule has 0 radical (unpaired) electrons. The summed E-state index contributed by atoms with van der Waals surface area (Å²) in [7, 11) is 2.14. The molecule has 2 amide bonds. The van der Waals surface area contributed by atoms with Crippen molar-refractivity contribution in [2.45, 2.75) is 58.0 Å². The van der Waals surface area contributed by atoms with Crippen molar-refractivity contribution >= 4 is 17.5 Å². The second kappa shape index (κ2) is 6.93. The molecule has 1 aromatic carbocycles. The van der Waals surface area contributed by atoms with Gasteiger partial charge in [-0.25, -0.2) is 0 Å². The zero-order valence-corrected chi connectivity index (χ0v) is 16.9. The lowest BCUT2D eigenvalue weighted by Gasteiger charge is -2.41. The predicted molar refractivity (Wildman–Crippen MR) is 107 cm³/mol. The van der Waals surface area contributed by atoms with Gasteiger partial charge in [-0.1, -0.05) is 17.7 Å². The Morgan fingerprint density at radius 3 is 2.63 bits per heavy atom. The van der Waals surface area contributed by atoms with Crippen LogP contribution in [0.25, 0.3) is 0 Å². The van der Waals surface area contributed by atoms with Crippen LogP contribution in [0.15, 0.2) is 18.2 Å². The SMILES string of the molecule is CCN1c2ccc(C)cc2C2C(=O)N(CCC3CCCN3C)C(=O)C2C1C. The number of anilines is 1. The van der Waals surface area contributed by atoms with Crippen molar-refractivity contribution in [1.82, 2.24) is 9.80 Å². The highest BCUT2D eigenvalue weighted by molar-refractivity contribution is 6.09. The first-order valence-corrected chi connectivity index (χ1v) is 10.4. The zero-order chi connectivity index (χ0) is 19.3. The van der Waals surface area contributed by atoms with Crippen molar-refractivity contribution in [2.24, 2.45) is 5.92 Å². The van der Waals surface area contributed by atoms with E-state index in [0.717, 1.165) is 36.3 Å². The molecule has 0 aliphatic carbocycles. The number of carbonyl (C=O) groups excluding carboxylic acids is 2. The molecule has 0 N–H and O–H groups in total. The monoisotopic (exact) mass is 369 g/mol. The number of rotatable bonds is 4. The van der Waals surface area contributed by atoms with Gasteiger partial charge >= 0.3 is 0 Å². The molecular formula is C22H31N3O2. The van der Waals surface area contributed by atoms with E-state index in [1.165, 1.54) is 12.8 Å². The number of benzene rings is 1. The summed E-state index contributed by atoms with van der Waals surface area (Å²) in [5.74, 6) is -0.525. The van der Waals surface area contributed by atoms with Crippen molar-refractivity contribution in [1.29, 1.82) is 0 Å². The molecule has 0 bridgehead atoms. The Bertz CT molecular complexity index is 762. The maximum absolute atomic E-state index is 13.3. The molecule has 0 spiro atoms. The van der Waals surface area contributed by atoms with Gasteiger partial charge in [-0.3, -0.25) is 14.5 Å². The Labute approximate surface area is 162 Å². The fourth-order valence-electron chi connectivity index (χ4n) is 5.46. The minimum atomic E-state index is -0.313. The van der Waals surface area contributed by atoms with Crippen molar-refractivity contribution in [3.8, 4) is 0 Å². The molecule has 27 heavy (non-hydrogen) atoms. The van der Waals surface area contributed by atoms with Crippen LogP contribution in [-0.4, -0.2) is 60.4 Å². The molecule has 0 aromatic heterocycles. The van der Waals surface area contributed by atoms with Crippen LogP contribution in [0.4, 0.5) is 5.69 Å². The fourth-order valence-corrected chi connectivity index (χ4v) is 5.46. The van der Waals surface area contributed by atoms with Crippen molar-refractivity contribution in [3.63, 3.8) is 0 Å². The Hall–Kier alpha value is -1.88. The lowest BCUT2D eigenvalue weighted by atomic mass is 9.78. The predicted octanol–water partition coefficient (Wildman–Crippen LogP) is 2.78. The molecule has 2 saturated heterocycles. The van der Waals surface area contributed by atoms with Gasteiger partial charge in [-0.05, 0) is 65.3 Å². The van der Waals surface area contributed by atoms with Crippen LogP contribution in [0.1, 0.15) is 50.2 Å². The van der Waals surface area contributed by atoms with Gasteiger partial charge in [0, 0.05) is 30.9 Å². The molecule has 1 aromatic rings. The lowest BCUT2D eigenvalue weighted by Crippen LogP contribution is -2.47. The Kier molecular flexibility index (Phi) is 4.75. The quantitative estimate of drug-likeness (QED) is 0.766. The minimum Gasteiger partial charge on any atom is -0.368 e. The number of hydrogen-bond acceptors (Lipinski definition) is 4. The second-order valence-electron chi connectivity index (χ2n) is 8.49. The summed E-state index contributed by atoms with van der Waals surface area (Å²) in [6.07, 6.45) is 3.27. The highest BCUT2D eigenvalue weighted by Crippen LogP contribution is 2.47. The minimum absolute atomic E-state index is 0.0140. The standard InChI is InChI=1S/C22H31N3O2/c1-5-24-15(3)19-20(17-13-14(2)8-9-18(17)24)22(27)25(21(19)26)12-10-16-7-6-11-23(16)4/h8-9,13,15-16,19-20H,5-7,10-12H2,1-4H3. The molecule has 2 fully saturated rings. The molecule has 5 nitrogen and oxygen atoms in total. The first kappa shape index (κ1) is 18.5. The van der Waals surface area contributed by atoms with E-state index < -0.39 is 0 Å². The summed E-state index contributed by atoms with van der Waals surface area (Å²) in [4.78, 5) is 32.8. The van der Waals surface area contributed by atoms with Gasteiger partial charge < -0.3 is 9.80 Å². The van der Waals surface area contributed by atoms with Gasteiger partial charge in [-0.15, -0.1) is 0 Å². The van der Waals surface area contributed by atoms with E-state index >= 15 is 0 Å². The summed E-state index contributed by atoms with van der Waals surface area (Å²) in [6, 6.07) is 6.87. The molecule has 4 rings (SSSR count). The Morgan fingerprint density at radius 1 is 1.19 bits per heavy atom. The van der Waals surface area contributed by atoms with Gasteiger partial charge in [0.05, 0.1) is 11.8 Å². The van der Waals surface area contributed by atoms with E-state index in [1.54, 1.807) is 4.90 Å². The molecule has 4 atom stereocenters. The molecule has 4 unspecified atom stereocenters. The molecule has 3 aliphatic heterocycles. The third-order valence-corrected chi connectivity index (χ3v) is 6.98. The van der Waals surface area contributed by atoms with Gasteiger partial charge in [0.1, 0.15) is 0 Å². The Morgan fingerprint density at radius 2 is 1.96 bits per heavy atom. The smallest absolute Gasteiger partial charge is 0.237 e. The first-order chi connectivity index (χ1) is 12.9. The van der Waals surface area contributed by atoms with Gasteiger partial charge in [-0.2, -0.15) is 0 Å². The molecule has 3 aliphatic rings. The Balaban J connectivity index is 1.64. The number of likely N-dealkylation sites (tertiary alicyclic amines) is 2. The highest BCUT2D eigenvalue weighted by atomic mass is 16.2. The van der Waals surface area contributed by atoms with Gasteiger partial charge in [0.15, 0.2) is 0 Å². The number of nitrogens with zero attached hydrogens (tertiary/aromatic N) is 3. The van der Waals surface area contributed by atoms with Crippen LogP contribution in [0.5, 0.6) is 0 Å². The van der Waals surface area contributed by atoms with Crippen LogP contribution < -0.4 is 4.90 Å². The highest BCUT2D eigenvalue weighted by Gasteiger charge is 2.54. The normalized spacial score (nSPS) is 30.8. The summed E-state index contributed by atoms with van der Waals surface area (Å²) < 4.78 is 0. The van der Waals surface area contributed by atoms with E-state index in [-0.39, 0.29) is 29.7 Å². The molecule has 0 saturated carbocycles. The van der Waals surface area contributed by atoms with Crippen LogP contribution in [0.3, 0.4) is 0 Å². The van der Waals surface area contributed by atoms with E-state index in [0.29, 0.717) is 12.6 Å². The van der Waals surface area contributed by atoms with Crippen molar-refractivity contribution < 1.29 is 9.59 Å². The average Bonchev–Trinajstić information content (AvgIpc) is 3.15. The third-order valence-electron chi connectivity index (χ3n) is 6.98. The largest absolute Gasteiger partial charge is 0.368 e. The summed E-state index contributed by atoms with van der Waals surface area (Å²) in [5.41, 5.74) is 3.30. The van der Waals surface area contributed by atoms with E-state index in [9.17, 15) is 9.59 Å². The zero-order valence-electron chi connectivity index (χ0n) is 16.9. The number of imide groups is 1. The van der Waals surface area contributed by atoms with Crippen LogP contribution in [0.2, 0.25) is 0 Å². The first-order valence-electron chi connectivity index (χ1n) is 10.4. The van der Waals surface area contributed by atoms with Crippen molar-refractivity contribution in [3.05, 3.63) is 29.3 Å². The number of fused-ring (bicyclic) bond motifs is 3. The molecule has 5 heteroatoms. The van der Waals surface area contributed by atoms with Crippen LogP contribution in [-0.2, 0) is 9.59 Å². The summed E-state index contributed by atoms with van der Waals surface area (Å²) in [5, 5.41) is 0. The number of hydrogen-bond donors (Lipinski definition) is 0. The van der Waals surface area contributed by atoms with Gasteiger partial charge in [0.2, 0.25) is 11.8 Å². The topological polar surface area (TPSA) is 43.9 Å². The number of carbonyl (C=O) groups is 2. The van der Waals surface area contributed by atoms with Crippen molar-refractivity contribution in [2.75, 3.05) is 31.6 Å². The van der Waals surface area contributed by atoms with Gasteiger partial charge in [0.25, 0.3) is 0 Å². The van der Waals surface area contributed by atoms with Crippen LogP contribution in [0, 0.1) is 12.8 Å². The molecule has 3 heterocycles. The lowest BCUT2D eigenvalue weighted by molar-refractivity contribution is -0.139. The summed E-state index contributed by atoms with van der Waals surface area (Å²) in [6.45, 7) is 8.79. The second-order valence-corrected chi connectivity index (χ2v) is 8.49. The number of aryl methyl sites for hydroxylation is 1. The molecular weight excluding hydrogens is 338 g/mol. The number of amides is 2. The maximum Gasteiger partial charge on any atom is 0.237 e. The van der Waals surface area contributed by atoms with E-state index in [4.69, 9.17) is 0 Å². The molecule has 146 valence electrons. The van der Waals surface area contributed by atoms with E-state index in [2.05, 4.69) is 55.8 Å². The van der Waals surface area contributed by atoms with E-state index in [1.807, 2.05) is 0 Å². The maximum atomic E-state index is 13.3. The average molecular weight is 370 g/mol. The third kappa shape index (κ3) is 2.87.